The van der Waals surface area contributed by atoms with Gasteiger partial charge in [-0.2, -0.15) is 0 Å². The van der Waals surface area contributed by atoms with E-state index in [0.717, 1.165) is 0 Å². The van der Waals surface area contributed by atoms with E-state index in [1.165, 1.54) is 165 Å². The molecular weight excluding hydrogens is 1110 g/mol. The van der Waals surface area contributed by atoms with Gasteiger partial charge in [-0.05, 0) is 171 Å². The molecule has 0 N–H and O–H groups in total. The Morgan fingerprint density at radius 1 is 0.130 bits per heavy atom. The van der Waals surface area contributed by atoms with Crippen molar-refractivity contribution < 1.29 is 0 Å². The van der Waals surface area contributed by atoms with Crippen LogP contribution in [0.1, 0.15) is 0 Å². The largest absolute Gasteiger partial charge is 0.309 e. The first-order valence-electron chi connectivity index (χ1n) is 31.6. The van der Waals surface area contributed by atoms with Crippen molar-refractivity contribution in [3.05, 3.63) is 352 Å². The zero-order chi connectivity index (χ0) is 60.6. The van der Waals surface area contributed by atoms with Crippen molar-refractivity contribution in [2.24, 2.45) is 0 Å². The first-order chi connectivity index (χ1) is 45.6. The number of hydrogen-bond donors (Lipinski definition) is 0. The predicted molar refractivity (Wildman–Crippen MR) is 389 cm³/mol. The summed E-state index contributed by atoms with van der Waals surface area (Å²) in [5.41, 5.74) is 24.2. The molecule has 430 valence electrons. The standard InChI is InChI=1S/C46H30N2.C42H28N2/c1-2-12-37(13-3-1)47-43-16-8-6-14-39(43)41-29-35(23-26-45(41)47)32-18-20-33(21-19-32)36-24-27-46-42(30-36)40-15-7-9-17-44(40)48(46)38-25-22-31-10-4-5-11-34(31)28-38;1-2-11-29(12-3-1)31-13-10-14-34(27-31)44-41-20-9-6-17-37(41)38-28-32(23-26-42(38)44)30-21-24-33(25-22-30)43-39-18-7-4-15-35(39)36-16-5-8-19-40(36)43/h1-30H;1-28H. The monoisotopic (exact) mass is 1170 g/mol. The van der Waals surface area contributed by atoms with Crippen LogP contribution >= 0.6 is 0 Å². The van der Waals surface area contributed by atoms with Crippen molar-refractivity contribution in [3.63, 3.8) is 0 Å². The Bertz CT molecular complexity index is 5990. The second-order valence-corrected chi connectivity index (χ2v) is 24.0. The molecule has 0 aliphatic carbocycles. The topological polar surface area (TPSA) is 19.7 Å². The van der Waals surface area contributed by atoms with E-state index in [1.54, 1.807) is 0 Å². The molecule has 0 spiro atoms. The van der Waals surface area contributed by atoms with Crippen LogP contribution in [-0.2, 0) is 0 Å². The fourth-order valence-corrected chi connectivity index (χ4v) is 14.5. The van der Waals surface area contributed by atoms with Crippen LogP contribution < -0.4 is 0 Å². The number of benzene rings is 15. The van der Waals surface area contributed by atoms with Gasteiger partial charge in [0.25, 0.3) is 0 Å². The Balaban J connectivity index is 0.000000136. The Labute approximate surface area is 532 Å². The molecule has 0 aliphatic heterocycles. The van der Waals surface area contributed by atoms with Crippen LogP contribution in [0.5, 0.6) is 0 Å². The highest BCUT2D eigenvalue weighted by atomic mass is 15.0. The molecule has 0 radical (unpaired) electrons. The minimum Gasteiger partial charge on any atom is -0.309 e. The van der Waals surface area contributed by atoms with Crippen molar-refractivity contribution in [2.75, 3.05) is 0 Å². The maximum atomic E-state index is 2.40. The van der Waals surface area contributed by atoms with E-state index in [1.807, 2.05) is 0 Å². The van der Waals surface area contributed by atoms with Gasteiger partial charge in [-0.15, -0.1) is 0 Å². The second-order valence-electron chi connectivity index (χ2n) is 24.0. The van der Waals surface area contributed by atoms with Gasteiger partial charge in [-0.1, -0.05) is 237 Å². The molecule has 4 heteroatoms. The number of aromatic nitrogens is 4. The third-order valence-corrected chi connectivity index (χ3v) is 18.8. The van der Waals surface area contributed by atoms with Crippen LogP contribution in [0.3, 0.4) is 0 Å². The molecule has 0 unspecified atom stereocenters. The molecular formula is C88H58N4. The zero-order valence-electron chi connectivity index (χ0n) is 50.3. The lowest BCUT2D eigenvalue weighted by Crippen LogP contribution is -1.94. The summed E-state index contributed by atoms with van der Waals surface area (Å²) in [5, 5.41) is 12.7. The van der Waals surface area contributed by atoms with Crippen molar-refractivity contribution in [1.29, 1.82) is 0 Å². The first-order valence-corrected chi connectivity index (χ1v) is 31.6. The van der Waals surface area contributed by atoms with Crippen LogP contribution in [0, 0.1) is 0 Å². The minimum absolute atomic E-state index is 1.17. The number of hydrogen-bond acceptors (Lipinski definition) is 0. The normalized spacial score (nSPS) is 11.7. The van der Waals surface area contributed by atoms with E-state index in [9.17, 15) is 0 Å². The number of para-hydroxylation sites is 6. The average Bonchev–Trinajstić information content (AvgIpc) is 1.79. The molecule has 0 amide bonds. The molecule has 4 aromatic heterocycles. The minimum atomic E-state index is 1.17. The fraction of sp³-hybridized carbons (Fsp3) is 0. The molecule has 0 bridgehead atoms. The maximum absolute atomic E-state index is 2.40. The van der Waals surface area contributed by atoms with Gasteiger partial charge >= 0.3 is 0 Å². The molecule has 4 nitrogen and oxygen atoms in total. The van der Waals surface area contributed by atoms with Gasteiger partial charge in [-0.3, -0.25) is 0 Å². The van der Waals surface area contributed by atoms with Gasteiger partial charge in [0.2, 0.25) is 0 Å². The van der Waals surface area contributed by atoms with E-state index in [4.69, 9.17) is 0 Å². The van der Waals surface area contributed by atoms with E-state index in [-0.39, 0.29) is 0 Å². The van der Waals surface area contributed by atoms with Gasteiger partial charge in [-0.25, -0.2) is 0 Å². The molecule has 15 aromatic carbocycles. The summed E-state index contributed by atoms with van der Waals surface area (Å²) >= 11 is 0. The molecule has 19 aromatic rings. The van der Waals surface area contributed by atoms with Gasteiger partial charge in [0.1, 0.15) is 0 Å². The molecule has 19 rings (SSSR count). The summed E-state index contributed by atoms with van der Waals surface area (Å²) < 4.78 is 9.53. The maximum Gasteiger partial charge on any atom is 0.0541 e. The summed E-state index contributed by atoms with van der Waals surface area (Å²) in [6, 6.07) is 128. The third kappa shape index (κ3) is 8.83. The lowest BCUT2D eigenvalue weighted by molar-refractivity contribution is 1.18. The fourth-order valence-electron chi connectivity index (χ4n) is 14.5. The van der Waals surface area contributed by atoms with Gasteiger partial charge in [0, 0.05) is 65.8 Å². The van der Waals surface area contributed by atoms with Gasteiger partial charge in [0.05, 0.1) is 44.1 Å². The number of nitrogens with zero attached hydrogens (tertiary/aromatic N) is 4. The lowest BCUT2D eigenvalue weighted by Gasteiger charge is -2.11. The molecule has 0 fully saturated rings. The van der Waals surface area contributed by atoms with E-state index in [2.05, 4.69) is 370 Å². The SMILES string of the molecule is c1ccc(-c2cccc(-n3c4ccccc4c4cc(-c5ccc(-n6c7ccccc7c7ccccc76)cc5)ccc43)c2)cc1.c1ccc(-n2c3ccccc3c3cc(-c4ccc(-c5ccc6c(c5)c5ccccc5n6-c5ccc6ccccc6c5)cc4)ccc32)cc1. The second kappa shape index (κ2) is 21.8. The quantitative estimate of drug-likeness (QED) is 0.144. The van der Waals surface area contributed by atoms with E-state index < -0.39 is 0 Å². The van der Waals surface area contributed by atoms with Crippen molar-refractivity contribution >= 4 is 98.0 Å². The Hall–Kier alpha value is -12.2. The summed E-state index contributed by atoms with van der Waals surface area (Å²) in [5.74, 6) is 0. The summed E-state index contributed by atoms with van der Waals surface area (Å²) in [4.78, 5) is 0. The van der Waals surface area contributed by atoms with Crippen molar-refractivity contribution in [1.82, 2.24) is 18.3 Å². The van der Waals surface area contributed by atoms with Gasteiger partial charge in [0.15, 0.2) is 0 Å². The smallest absolute Gasteiger partial charge is 0.0541 e. The molecule has 4 heterocycles. The zero-order valence-corrected chi connectivity index (χ0v) is 50.3. The lowest BCUT2D eigenvalue weighted by atomic mass is 9.98. The Morgan fingerprint density at radius 2 is 0.402 bits per heavy atom. The van der Waals surface area contributed by atoms with Crippen molar-refractivity contribution in [3.8, 4) is 67.3 Å². The Morgan fingerprint density at radius 3 is 0.859 bits per heavy atom. The van der Waals surface area contributed by atoms with Crippen LogP contribution in [0.15, 0.2) is 352 Å². The summed E-state index contributed by atoms with van der Waals surface area (Å²) in [6.45, 7) is 0. The van der Waals surface area contributed by atoms with Crippen LogP contribution in [0.4, 0.5) is 0 Å². The average molecular weight is 1170 g/mol. The van der Waals surface area contributed by atoms with Crippen molar-refractivity contribution in [2.45, 2.75) is 0 Å². The summed E-state index contributed by atoms with van der Waals surface area (Å²) in [6.07, 6.45) is 0. The Kier molecular flexibility index (Phi) is 12.5. The van der Waals surface area contributed by atoms with E-state index in [0.29, 0.717) is 0 Å². The van der Waals surface area contributed by atoms with Crippen LogP contribution in [0.2, 0.25) is 0 Å². The highest BCUT2D eigenvalue weighted by Crippen LogP contribution is 2.41. The third-order valence-electron chi connectivity index (χ3n) is 18.8. The number of fused-ring (bicyclic) bond motifs is 13. The highest BCUT2D eigenvalue weighted by Gasteiger charge is 2.19. The van der Waals surface area contributed by atoms with Crippen LogP contribution in [0.25, 0.3) is 165 Å². The molecule has 0 saturated carbocycles. The molecule has 92 heavy (non-hydrogen) atoms. The van der Waals surface area contributed by atoms with Crippen LogP contribution in [-0.4, -0.2) is 18.3 Å². The summed E-state index contributed by atoms with van der Waals surface area (Å²) in [7, 11) is 0. The predicted octanol–water partition coefficient (Wildman–Crippen LogP) is 23.6. The van der Waals surface area contributed by atoms with Gasteiger partial charge < -0.3 is 18.3 Å². The molecule has 0 aliphatic rings. The highest BCUT2D eigenvalue weighted by molar-refractivity contribution is 6.14. The molecule has 0 atom stereocenters. The number of rotatable bonds is 8. The molecule has 0 saturated heterocycles. The first kappa shape index (κ1) is 52.8. The van der Waals surface area contributed by atoms with E-state index >= 15 is 0 Å².